The minimum atomic E-state index is -5.01. The molecule has 1 aliphatic rings. The third-order valence-electron chi connectivity index (χ3n) is 5.78. The SMILES string of the molecule is OCc1nnc(-c2ccc(N3CCC(c4ccc(C(F)(F)F)c(F)c4)(C(F)(F)F)CC3)nn2)o1. The lowest BCUT2D eigenvalue weighted by atomic mass is 9.72. The van der Waals surface area contributed by atoms with E-state index in [4.69, 9.17) is 9.52 Å². The van der Waals surface area contributed by atoms with E-state index in [1.807, 2.05) is 0 Å². The molecule has 0 bridgehead atoms. The molecule has 0 saturated carbocycles. The molecule has 4 rings (SSSR count). The molecule has 0 aliphatic carbocycles. The predicted octanol–water partition coefficient (Wildman–Crippen LogP) is 4.28. The van der Waals surface area contributed by atoms with Gasteiger partial charge in [0.15, 0.2) is 5.82 Å². The van der Waals surface area contributed by atoms with Crippen LogP contribution in [0.2, 0.25) is 0 Å². The first-order chi connectivity index (χ1) is 15.9. The molecule has 0 radical (unpaired) electrons. The molecular weight excluding hydrogens is 475 g/mol. The maximum absolute atomic E-state index is 14.1. The predicted molar refractivity (Wildman–Crippen MR) is 102 cm³/mol. The van der Waals surface area contributed by atoms with Gasteiger partial charge in [-0.15, -0.1) is 20.4 Å². The Labute approximate surface area is 187 Å². The molecule has 7 nitrogen and oxygen atoms in total. The van der Waals surface area contributed by atoms with Crippen molar-refractivity contribution in [2.45, 2.75) is 37.2 Å². The van der Waals surface area contributed by atoms with E-state index in [2.05, 4.69) is 20.4 Å². The molecule has 1 N–H and O–H groups in total. The number of nitrogens with zero attached hydrogens (tertiary/aromatic N) is 5. The van der Waals surface area contributed by atoms with Gasteiger partial charge in [0.2, 0.25) is 5.89 Å². The first-order valence-electron chi connectivity index (χ1n) is 9.91. The monoisotopic (exact) mass is 491 g/mol. The van der Waals surface area contributed by atoms with E-state index < -0.39 is 54.2 Å². The van der Waals surface area contributed by atoms with Crippen LogP contribution in [0.4, 0.5) is 36.6 Å². The van der Waals surface area contributed by atoms with Crippen LogP contribution in [0.3, 0.4) is 0 Å². The van der Waals surface area contributed by atoms with Gasteiger partial charge in [0.25, 0.3) is 5.89 Å². The molecule has 34 heavy (non-hydrogen) atoms. The van der Waals surface area contributed by atoms with Gasteiger partial charge in [-0.2, -0.15) is 26.3 Å². The van der Waals surface area contributed by atoms with Crippen LogP contribution in [0.25, 0.3) is 11.6 Å². The van der Waals surface area contributed by atoms with Crippen molar-refractivity contribution in [3.05, 3.63) is 53.2 Å². The molecule has 0 unspecified atom stereocenters. The van der Waals surface area contributed by atoms with Gasteiger partial charge in [-0.3, -0.25) is 0 Å². The number of benzene rings is 1. The fourth-order valence-corrected chi connectivity index (χ4v) is 3.92. The lowest BCUT2D eigenvalue weighted by Crippen LogP contribution is -2.51. The van der Waals surface area contributed by atoms with Crippen molar-refractivity contribution in [2.24, 2.45) is 0 Å². The molecule has 0 atom stereocenters. The van der Waals surface area contributed by atoms with Crippen LogP contribution in [0.5, 0.6) is 0 Å². The highest BCUT2D eigenvalue weighted by atomic mass is 19.4. The second kappa shape index (κ2) is 8.49. The largest absolute Gasteiger partial charge is 0.419 e. The first kappa shape index (κ1) is 23.9. The summed E-state index contributed by atoms with van der Waals surface area (Å²) in [7, 11) is 0. The summed E-state index contributed by atoms with van der Waals surface area (Å²) in [6.07, 6.45) is -10.9. The highest BCUT2D eigenvalue weighted by Crippen LogP contribution is 2.49. The molecule has 1 aliphatic heterocycles. The third-order valence-corrected chi connectivity index (χ3v) is 5.78. The number of halogens is 7. The van der Waals surface area contributed by atoms with Gasteiger partial charge < -0.3 is 14.4 Å². The highest BCUT2D eigenvalue weighted by Gasteiger charge is 2.57. The number of hydrogen-bond donors (Lipinski definition) is 1. The van der Waals surface area contributed by atoms with E-state index in [-0.39, 0.29) is 36.4 Å². The van der Waals surface area contributed by atoms with Crippen molar-refractivity contribution in [1.82, 2.24) is 20.4 Å². The summed E-state index contributed by atoms with van der Waals surface area (Å²) >= 11 is 0. The molecule has 3 heterocycles. The second-order valence-corrected chi connectivity index (χ2v) is 7.70. The Kier molecular flexibility index (Phi) is 5.96. The number of piperidine rings is 1. The average Bonchev–Trinajstić information content (AvgIpc) is 3.27. The summed E-state index contributed by atoms with van der Waals surface area (Å²) in [6.45, 7) is -0.757. The second-order valence-electron chi connectivity index (χ2n) is 7.70. The number of anilines is 1. The summed E-state index contributed by atoms with van der Waals surface area (Å²) in [6, 6.07) is 4.31. The lowest BCUT2D eigenvalue weighted by Gasteiger charge is -2.43. The topological polar surface area (TPSA) is 88.2 Å². The van der Waals surface area contributed by atoms with Gasteiger partial charge in [0.05, 0.1) is 11.0 Å². The standard InChI is InChI=1S/C20H16F7N5O2/c21-13-9-11(1-2-12(13)19(22,23)24)18(20(25,26)27)5-7-32(8-6-18)15-4-3-14(28-29-15)17-31-30-16(10-33)34-17/h1-4,9,33H,5-8,10H2. The van der Waals surface area contributed by atoms with Gasteiger partial charge in [-0.05, 0) is 42.7 Å². The van der Waals surface area contributed by atoms with Crippen LogP contribution in [0.15, 0.2) is 34.7 Å². The lowest BCUT2D eigenvalue weighted by molar-refractivity contribution is -0.196. The first-order valence-corrected chi connectivity index (χ1v) is 9.91. The molecule has 2 aromatic heterocycles. The van der Waals surface area contributed by atoms with Gasteiger partial charge in [0.1, 0.15) is 18.1 Å². The zero-order chi connectivity index (χ0) is 24.7. The normalized spacial score (nSPS) is 16.6. The average molecular weight is 491 g/mol. The van der Waals surface area contributed by atoms with E-state index in [1.165, 1.54) is 17.0 Å². The molecule has 3 aromatic rings. The smallest absolute Gasteiger partial charge is 0.417 e. The summed E-state index contributed by atoms with van der Waals surface area (Å²) in [4.78, 5) is 1.54. The van der Waals surface area contributed by atoms with Crippen LogP contribution in [0.1, 0.15) is 29.9 Å². The summed E-state index contributed by atoms with van der Waals surface area (Å²) in [5, 5.41) is 24.1. The Bertz CT molecular complexity index is 1150. The van der Waals surface area contributed by atoms with E-state index in [9.17, 15) is 30.7 Å². The molecule has 0 spiro atoms. The molecule has 0 amide bonds. The van der Waals surface area contributed by atoms with Crippen LogP contribution < -0.4 is 4.90 Å². The van der Waals surface area contributed by atoms with Crippen molar-refractivity contribution < 1.29 is 40.3 Å². The van der Waals surface area contributed by atoms with Crippen molar-refractivity contribution in [2.75, 3.05) is 18.0 Å². The number of alkyl halides is 6. The summed E-state index contributed by atoms with van der Waals surface area (Å²) in [5.41, 5.74) is -4.49. The number of aliphatic hydroxyl groups is 1. The molecule has 1 aromatic carbocycles. The Morgan fingerprint density at radius 3 is 2.15 bits per heavy atom. The zero-order valence-corrected chi connectivity index (χ0v) is 17.2. The maximum atomic E-state index is 14.1. The van der Waals surface area contributed by atoms with Gasteiger partial charge in [-0.25, -0.2) is 4.39 Å². The van der Waals surface area contributed by atoms with E-state index in [0.717, 1.165) is 0 Å². The summed E-state index contributed by atoms with van der Waals surface area (Å²) in [5.74, 6) is -1.51. The third kappa shape index (κ3) is 4.29. The molecule has 1 saturated heterocycles. The van der Waals surface area contributed by atoms with E-state index in [1.54, 1.807) is 0 Å². The maximum Gasteiger partial charge on any atom is 0.419 e. The number of rotatable bonds is 4. The van der Waals surface area contributed by atoms with Crippen molar-refractivity contribution in [3.63, 3.8) is 0 Å². The Hall–Kier alpha value is -3.29. The Morgan fingerprint density at radius 1 is 0.941 bits per heavy atom. The van der Waals surface area contributed by atoms with Gasteiger partial charge in [-0.1, -0.05) is 6.07 Å². The number of aromatic nitrogens is 4. The van der Waals surface area contributed by atoms with E-state index >= 15 is 0 Å². The van der Waals surface area contributed by atoms with Crippen LogP contribution in [-0.4, -0.2) is 44.8 Å². The fourth-order valence-electron chi connectivity index (χ4n) is 3.92. The molecule has 182 valence electrons. The zero-order valence-electron chi connectivity index (χ0n) is 17.2. The minimum Gasteiger partial charge on any atom is -0.417 e. The molecular formula is C20H16F7N5O2. The van der Waals surface area contributed by atoms with E-state index in [0.29, 0.717) is 18.2 Å². The quantitative estimate of drug-likeness (QED) is 0.546. The number of hydrogen-bond acceptors (Lipinski definition) is 7. The minimum absolute atomic E-state index is 0.00200. The van der Waals surface area contributed by atoms with Gasteiger partial charge >= 0.3 is 12.4 Å². The van der Waals surface area contributed by atoms with Crippen LogP contribution >= 0.6 is 0 Å². The van der Waals surface area contributed by atoms with Crippen LogP contribution in [0, 0.1) is 5.82 Å². The molecule has 1 fully saturated rings. The van der Waals surface area contributed by atoms with Crippen molar-refractivity contribution >= 4 is 5.82 Å². The van der Waals surface area contributed by atoms with Crippen molar-refractivity contribution in [3.8, 4) is 11.6 Å². The van der Waals surface area contributed by atoms with Crippen molar-refractivity contribution in [1.29, 1.82) is 0 Å². The Morgan fingerprint density at radius 2 is 1.65 bits per heavy atom. The van der Waals surface area contributed by atoms with Gasteiger partial charge in [0, 0.05) is 13.1 Å². The van der Waals surface area contributed by atoms with Crippen LogP contribution in [-0.2, 0) is 18.2 Å². The Balaban J connectivity index is 1.55. The summed E-state index contributed by atoms with van der Waals surface area (Å²) < 4.78 is 100. The number of aliphatic hydroxyl groups excluding tert-OH is 1. The fraction of sp³-hybridized carbons (Fsp3) is 0.400. The molecule has 14 heteroatoms. The highest BCUT2D eigenvalue weighted by molar-refractivity contribution is 5.49.